The van der Waals surface area contributed by atoms with Gasteiger partial charge in [0.1, 0.15) is 0 Å². The molecule has 0 saturated heterocycles. The molecule has 18 heavy (non-hydrogen) atoms. The minimum atomic E-state index is -1.75. The summed E-state index contributed by atoms with van der Waals surface area (Å²) < 4.78 is 0. The molecule has 0 amide bonds. The Morgan fingerprint density at radius 3 is 1.11 bits per heavy atom. The first-order valence-electron chi connectivity index (χ1n) is 3.86. The van der Waals surface area contributed by atoms with E-state index < -0.39 is 10.2 Å². The lowest BCUT2D eigenvalue weighted by atomic mass is 11.0. The molecule has 2 heterocycles. The van der Waals surface area contributed by atoms with Gasteiger partial charge in [-0.15, -0.1) is 0 Å². The van der Waals surface area contributed by atoms with E-state index in [0.29, 0.717) is 0 Å². The highest BCUT2D eigenvalue weighted by Gasteiger charge is 1.68. The fourth-order valence-corrected chi connectivity index (χ4v) is 1.18. The molecule has 0 aliphatic heterocycles. The van der Waals surface area contributed by atoms with Crippen molar-refractivity contribution < 1.29 is 20.1 Å². The summed E-state index contributed by atoms with van der Waals surface area (Å²) in [6, 6.07) is 0. The van der Waals surface area contributed by atoms with E-state index in [-0.39, 0.29) is 0 Å². The van der Waals surface area contributed by atoms with E-state index in [1.54, 1.807) is 22.7 Å². The van der Waals surface area contributed by atoms with Crippen molar-refractivity contribution in [2.45, 2.75) is 0 Å². The van der Waals surface area contributed by atoms with Gasteiger partial charge in [0.25, 0.3) is 0 Å². The van der Waals surface area contributed by atoms with Gasteiger partial charge in [0.05, 0.1) is 20.9 Å². The number of hydrogen-bond acceptors (Lipinski definition) is 8. The van der Waals surface area contributed by atoms with E-state index in [9.17, 15) is 0 Å². The van der Waals surface area contributed by atoms with Crippen molar-refractivity contribution in [2.75, 3.05) is 0 Å². The van der Waals surface area contributed by atoms with Gasteiger partial charge in [0.2, 0.25) is 11.0 Å². The van der Waals surface area contributed by atoms with Gasteiger partial charge in [0, 0.05) is 0 Å². The SMILES string of the molecule is O=[N+]([O-])[O-].O=[N+]([O-])[O-].c1csc[nH+]1.c1csc[nH+]1. The first-order chi connectivity index (χ1) is 8.46. The average molecular weight is 296 g/mol. The Hall–Kier alpha value is -2.34. The van der Waals surface area contributed by atoms with Crippen molar-refractivity contribution in [3.05, 3.63) is 64.8 Å². The van der Waals surface area contributed by atoms with Gasteiger partial charge in [-0.2, -0.15) is 0 Å². The van der Waals surface area contributed by atoms with Crippen LogP contribution in [0.1, 0.15) is 0 Å². The predicted molar refractivity (Wildman–Crippen MR) is 62.5 cm³/mol. The third kappa shape index (κ3) is 37.3. The molecule has 0 aliphatic carbocycles. The molecule has 0 atom stereocenters. The molecule has 0 unspecified atom stereocenters. The molecule has 2 rings (SSSR count). The van der Waals surface area contributed by atoms with Gasteiger partial charge in [-0.3, -0.25) is 0 Å². The molecular formula is C6H8N4O6S2. The van der Waals surface area contributed by atoms with Crippen LogP contribution < -0.4 is 9.97 Å². The van der Waals surface area contributed by atoms with Crippen LogP contribution in [0.15, 0.2) is 34.2 Å². The number of nitrogens with zero attached hydrogens (tertiary/aromatic N) is 2. The van der Waals surface area contributed by atoms with Crippen LogP contribution >= 0.6 is 22.7 Å². The maximum absolute atomic E-state index is 8.25. The third-order valence-corrected chi connectivity index (χ3v) is 1.89. The lowest BCUT2D eigenvalue weighted by Gasteiger charge is -1.74. The Kier molecular flexibility index (Phi) is 14.7. The van der Waals surface area contributed by atoms with Crippen LogP contribution in [0.3, 0.4) is 0 Å². The molecule has 0 radical (unpaired) electrons. The van der Waals surface area contributed by atoms with E-state index in [4.69, 9.17) is 30.6 Å². The summed E-state index contributed by atoms with van der Waals surface area (Å²) in [5, 5.41) is 33.5. The normalized spacial score (nSPS) is 7.11. The quantitative estimate of drug-likeness (QED) is 0.512. The summed E-state index contributed by atoms with van der Waals surface area (Å²) in [5.41, 5.74) is 3.83. The summed E-state index contributed by atoms with van der Waals surface area (Å²) in [6.07, 6.45) is 3.79. The smallest absolute Gasteiger partial charge is 0.222 e. The minimum absolute atomic E-state index is 1.66. The zero-order valence-electron chi connectivity index (χ0n) is 8.62. The lowest BCUT2D eigenvalue weighted by molar-refractivity contribution is -0.403. The van der Waals surface area contributed by atoms with Crippen LogP contribution in [-0.2, 0) is 0 Å². The van der Waals surface area contributed by atoms with Gasteiger partial charge < -0.3 is 30.6 Å². The van der Waals surface area contributed by atoms with E-state index >= 15 is 0 Å². The van der Waals surface area contributed by atoms with Crippen LogP contribution in [0.4, 0.5) is 0 Å². The molecule has 10 nitrogen and oxygen atoms in total. The summed E-state index contributed by atoms with van der Waals surface area (Å²) in [7, 11) is 0. The van der Waals surface area contributed by atoms with E-state index in [1.807, 2.05) is 34.2 Å². The largest absolute Gasteiger partial charge is 0.356 e. The van der Waals surface area contributed by atoms with E-state index in [0.717, 1.165) is 0 Å². The van der Waals surface area contributed by atoms with Crippen LogP contribution in [0, 0.1) is 30.6 Å². The van der Waals surface area contributed by atoms with Gasteiger partial charge in [0.15, 0.2) is 12.4 Å². The Morgan fingerprint density at radius 1 is 0.778 bits per heavy atom. The van der Waals surface area contributed by atoms with E-state index in [2.05, 4.69) is 9.97 Å². The van der Waals surface area contributed by atoms with Crippen molar-refractivity contribution >= 4 is 22.7 Å². The van der Waals surface area contributed by atoms with Crippen LogP contribution in [0.25, 0.3) is 0 Å². The number of nitrogens with one attached hydrogen (secondary N) is 2. The number of aromatic amines is 2. The van der Waals surface area contributed by atoms with Crippen molar-refractivity contribution in [3.63, 3.8) is 0 Å². The molecule has 0 saturated carbocycles. The Bertz CT molecular complexity index is 300. The average Bonchev–Trinajstić information content (AvgIpc) is 2.96. The van der Waals surface area contributed by atoms with Crippen molar-refractivity contribution in [1.29, 1.82) is 0 Å². The van der Waals surface area contributed by atoms with Crippen LogP contribution in [0.5, 0.6) is 0 Å². The molecule has 2 N–H and O–H groups in total. The Balaban J connectivity index is 0. The van der Waals surface area contributed by atoms with Crippen molar-refractivity contribution in [3.8, 4) is 0 Å². The highest BCUT2D eigenvalue weighted by Crippen LogP contribution is 1.81. The first kappa shape index (κ1) is 18.0. The van der Waals surface area contributed by atoms with Crippen molar-refractivity contribution in [1.82, 2.24) is 0 Å². The lowest BCUT2D eigenvalue weighted by Crippen LogP contribution is -1.86. The second-order valence-corrected chi connectivity index (χ2v) is 3.45. The standard InChI is InChI=1S/2C3H3NS.2NO3/c2*1-2-5-3-4-1;2*2-1(3)4/h2*1-3H;;/q;;2*-1/p+2. The van der Waals surface area contributed by atoms with Gasteiger partial charge in [-0.05, 0) is 0 Å². The number of thiazole rings is 2. The van der Waals surface area contributed by atoms with Gasteiger partial charge in [-0.1, -0.05) is 22.7 Å². The zero-order valence-corrected chi connectivity index (χ0v) is 10.3. The molecule has 12 heteroatoms. The first-order valence-corrected chi connectivity index (χ1v) is 5.75. The maximum Gasteiger partial charge on any atom is 0.222 e. The molecular weight excluding hydrogens is 288 g/mol. The van der Waals surface area contributed by atoms with Crippen LogP contribution in [-0.4, -0.2) is 10.2 Å². The molecule has 0 bridgehead atoms. The fraction of sp³-hybridized carbons (Fsp3) is 0. The topological polar surface area (TPSA) is 161 Å². The molecule has 0 aromatic carbocycles. The highest BCUT2D eigenvalue weighted by molar-refractivity contribution is 7.07. The molecule has 2 aromatic heterocycles. The minimum Gasteiger partial charge on any atom is -0.356 e. The van der Waals surface area contributed by atoms with Gasteiger partial charge >= 0.3 is 0 Å². The molecule has 2 aromatic rings. The maximum atomic E-state index is 8.25. The summed E-state index contributed by atoms with van der Waals surface area (Å²) in [5.74, 6) is 0. The summed E-state index contributed by atoms with van der Waals surface area (Å²) >= 11 is 3.31. The zero-order chi connectivity index (χ0) is 14.2. The Labute approximate surface area is 108 Å². The second-order valence-electron chi connectivity index (χ2n) is 1.89. The second kappa shape index (κ2) is 14.7. The molecule has 0 aliphatic rings. The monoisotopic (exact) mass is 296 g/mol. The van der Waals surface area contributed by atoms with Gasteiger partial charge in [-0.25, -0.2) is 9.97 Å². The fourth-order valence-electron chi connectivity index (χ4n) is 0.393. The molecule has 100 valence electrons. The van der Waals surface area contributed by atoms with Crippen molar-refractivity contribution in [2.24, 2.45) is 0 Å². The van der Waals surface area contributed by atoms with E-state index in [1.165, 1.54) is 0 Å². The van der Waals surface area contributed by atoms with Crippen LogP contribution in [0.2, 0.25) is 0 Å². The summed E-state index contributed by atoms with van der Waals surface area (Å²) in [6.45, 7) is 0. The molecule has 0 fully saturated rings. The number of hydrogen-bond donors (Lipinski definition) is 0. The highest BCUT2D eigenvalue weighted by atomic mass is 32.1. The predicted octanol–water partition coefficient (Wildman–Crippen LogP) is 0.646. The molecule has 0 spiro atoms. The number of H-pyrrole nitrogens is 2. The third-order valence-electron chi connectivity index (χ3n) is 0.758. The number of aromatic nitrogens is 2. The number of rotatable bonds is 0. The summed E-state index contributed by atoms with van der Waals surface area (Å²) in [4.78, 5) is 22.3. The Morgan fingerprint density at radius 2 is 1.06 bits per heavy atom.